The molecule has 1 aliphatic heterocycles. The number of ether oxygens (including phenoxy) is 1. The van der Waals surface area contributed by atoms with Crippen molar-refractivity contribution in [3.05, 3.63) is 47.9 Å². The summed E-state index contributed by atoms with van der Waals surface area (Å²) in [5.74, 6) is -0.766. The molecule has 1 atom stereocenters. The molecule has 0 spiro atoms. The summed E-state index contributed by atoms with van der Waals surface area (Å²) in [6, 6.07) is 5.01. The quantitative estimate of drug-likeness (QED) is 0.504. The molecule has 166 valence electrons. The Kier molecular flexibility index (Phi) is 5.01. The lowest BCUT2D eigenvalue weighted by atomic mass is 10.1. The van der Waals surface area contributed by atoms with Crippen molar-refractivity contribution in [2.45, 2.75) is 19.9 Å². The number of methoxy groups -OCH3 is 1. The number of imidazole rings is 1. The first-order valence-corrected chi connectivity index (χ1v) is 10.4. The van der Waals surface area contributed by atoms with Crippen LogP contribution in [0.3, 0.4) is 0 Å². The van der Waals surface area contributed by atoms with Crippen LogP contribution < -0.4 is 20.3 Å². The normalized spacial score (nSPS) is 16.7. The number of benzene rings is 1. The van der Waals surface area contributed by atoms with E-state index in [1.165, 1.54) is 19.2 Å². The Morgan fingerprint density at radius 2 is 1.97 bits per heavy atom. The Balaban J connectivity index is 1.59. The van der Waals surface area contributed by atoms with Crippen molar-refractivity contribution in [1.29, 1.82) is 0 Å². The number of halogens is 2. The highest BCUT2D eigenvalue weighted by atomic mass is 19.1. The van der Waals surface area contributed by atoms with Gasteiger partial charge >= 0.3 is 6.01 Å². The van der Waals surface area contributed by atoms with Gasteiger partial charge in [0.1, 0.15) is 11.6 Å². The molecular weight excluding hydrogens is 416 g/mol. The van der Waals surface area contributed by atoms with Gasteiger partial charge in [0.15, 0.2) is 11.5 Å². The molecule has 1 aromatic carbocycles. The van der Waals surface area contributed by atoms with Gasteiger partial charge < -0.3 is 24.7 Å². The molecule has 0 radical (unpaired) electrons. The standard InChI is InChI=1S/C22H23F2N7O/c1-12-9-30(5-4-25-12)15-7-16(23)19-18(8-15)28-22(32-3)29-20(19)27-14-6-17(24)21-26-13(2)10-31(21)11-14/h6-8,10-12,25H,4-5,9H2,1-3H3,(H,27,28,29). The number of hydrogen-bond acceptors (Lipinski definition) is 7. The number of aryl methyl sites for hydroxylation is 1. The van der Waals surface area contributed by atoms with Gasteiger partial charge in [0, 0.05) is 49.8 Å². The summed E-state index contributed by atoms with van der Waals surface area (Å²) in [5, 5.41) is 6.61. The zero-order chi connectivity index (χ0) is 22.4. The van der Waals surface area contributed by atoms with E-state index >= 15 is 4.39 Å². The second-order valence-corrected chi connectivity index (χ2v) is 8.00. The Labute approximate surface area is 183 Å². The Morgan fingerprint density at radius 1 is 1.12 bits per heavy atom. The van der Waals surface area contributed by atoms with Crippen LogP contribution in [-0.2, 0) is 0 Å². The lowest BCUT2D eigenvalue weighted by Crippen LogP contribution is -2.49. The van der Waals surface area contributed by atoms with Crippen LogP contribution in [0.25, 0.3) is 16.6 Å². The number of anilines is 3. The van der Waals surface area contributed by atoms with Crippen molar-refractivity contribution in [1.82, 2.24) is 24.7 Å². The van der Waals surface area contributed by atoms with Gasteiger partial charge in [-0.15, -0.1) is 0 Å². The number of hydrogen-bond donors (Lipinski definition) is 2. The lowest BCUT2D eigenvalue weighted by molar-refractivity contribution is 0.382. The average molecular weight is 439 g/mol. The van der Waals surface area contributed by atoms with Crippen molar-refractivity contribution in [3.63, 3.8) is 0 Å². The van der Waals surface area contributed by atoms with Crippen LogP contribution in [-0.4, -0.2) is 52.1 Å². The van der Waals surface area contributed by atoms with Crippen molar-refractivity contribution >= 4 is 33.7 Å². The summed E-state index contributed by atoms with van der Waals surface area (Å²) in [7, 11) is 1.45. The van der Waals surface area contributed by atoms with Crippen molar-refractivity contribution in [2.24, 2.45) is 0 Å². The number of rotatable bonds is 4. The average Bonchev–Trinajstić information content (AvgIpc) is 3.14. The van der Waals surface area contributed by atoms with Crippen LogP contribution in [0.15, 0.2) is 30.6 Å². The summed E-state index contributed by atoms with van der Waals surface area (Å²) >= 11 is 0. The van der Waals surface area contributed by atoms with Gasteiger partial charge in [0.2, 0.25) is 0 Å². The zero-order valence-corrected chi connectivity index (χ0v) is 18.0. The number of piperazine rings is 1. The van der Waals surface area contributed by atoms with E-state index in [1.54, 1.807) is 23.7 Å². The topological polar surface area (TPSA) is 79.6 Å². The summed E-state index contributed by atoms with van der Waals surface area (Å²) in [6.07, 6.45) is 3.39. The molecule has 4 aromatic rings. The Bertz CT molecular complexity index is 1320. The third-order valence-corrected chi connectivity index (χ3v) is 5.52. The van der Waals surface area contributed by atoms with Crippen LogP contribution >= 0.6 is 0 Å². The Morgan fingerprint density at radius 3 is 2.75 bits per heavy atom. The maximum atomic E-state index is 15.3. The van der Waals surface area contributed by atoms with Crippen LogP contribution in [0.1, 0.15) is 12.6 Å². The minimum Gasteiger partial charge on any atom is -0.467 e. The summed E-state index contributed by atoms with van der Waals surface area (Å²) in [5.41, 5.74) is 2.46. The van der Waals surface area contributed by atoms with Crippen LogP contribution in [0.4, 0.5) is 26.0 Å². The Hall–Kier alpha value is -3.53. The number of nitrogens with zero attached hydrogens (tertiary/aromatic N) is 5. The molecule has 1 unspecified atom stereocenters. The number of pyridine rings is 1. The van der Waals surface area contributed by atoms with Crippen LogP contribution in [0.5, 0.6) is 6.01 Å². The first-order chi connectivity index (χ1) is 15.4. The highest BCUT2D eigenvalue weighted by Crippen LogP contribution is 2.32. The van der Waals surface area contributed by atoms with E-state index in [4.69, 9.17) is 4.74 Å². The van der Waals surface area contributed by atoms with Gasteiger partial charge in [-0.2, -0.15) is 9.97 Å². The molecule has 0 amide bonds. The number of fused-ring (bicyclic) bond motifs is 2. The van der Waals surface area contributed by atoms with E-state index in [0.29, 0.717) is 22.9 Å². The molecule has 0 aliphatic carbocycles. The predicted molar refractivity (Wildman–Crippen MR) is 119 cm³/mol. The highest BCUT2D eigenvalue weighted by Gasteiger charge is 2.20. The van der Waals surface area contributed by atoms with Gasteiger partial charge in [0.05, 0.1) is 29.4 Å². The fourth-order valence-corrected chi connectivity index (χ4v) is 4.10. The fraction of sp³-hybridized carbons (Fsp3) is 0.318. The van der Waals surface area contributed by atoms with E-state index in [9.17, 15) is 4.39 Å². The summed E-state index contributed by atoms with van der Waals surface area (Å²) in [6.45, 7) is 6.24. The van der Waals surface area contributed by atoms with Gasteiger partial charge in [-0.05, 0) is 26.0 Å². The molecule has 5 rings (SSSR count). The molecule has 8 nitrogen and oxygen atoms in total. The van der Waals surface area contributed by atoms with E-state index < -0.39 is 11.6 Å². The van der Waals surface area contributed by atoms with E-state index in [1.807, 2.05) is 6.07 Å². The van der Waals surface area contributed by atoms with E-state index in [2.05, 4.69) is 37.4 Å². The van der Waals surface area contributed by atoms with Crippen molar-refractivity contribution in [3.8, 4) is 6.01 Å². The smallest absolute Gasteiger partial charge is 0.318 e. The molecule has 4 heterocycles. The molecule has 3 aromatic heterocycles. The number of aromatic nitrogens is 4. The maximum Gasteiger partial charge on any atom is 0.318 e. The minimum absolute atomic E-state index is 0.0882. The first-order valence-electron chi connectivity index (χ1n) is 10.4. The number of nitrogens with one attached hydrogen (secondary N) is 2. The summed E-state index contributed by atoms with van der Waals surface area (Å²) in [4.78, 5) is 14.9. The minimum atomic E-state index is -0.496. The fourth-order valence-electron chi connectivity index (χ4n) is 4.10. The van der Waals surface area contributed by atoms with Crippen molar-refractivity contribution < 1.29 is 13.5 Å². The van der Waals surface area contributed by atoms with E-state index in [-0.39, 0.29) is 22.9 Å². The molecule has 32 heavy (non-hydrogen) atoms. The van der Waals surface area contributed by atoms with Gasteiger partial charge in [-0.25, -0.2) is 13.8 Å². The van der Waals surface area contributed by atoms with Crippen LogP contribution in [0.2, 0.25) is 0 Å². The highest BCUT2D eigenvalue weighted by molar-refractivity contribution is 5.93. The molecular formula is C22H23F2N7O. The van der Waals surface area contributed by atoms with Gasteiger partial charge in [-0.1, -0.05) is 0 Å². The third kappa shape index (κ3) is 3.66. The predicted octanol–water partition coefficient (Wildman–Crippen LogP) is 3.41. The first kappa shape index (κ1) is 20.4. The maximum absolute atomic E-state index is 15.3. The van der Waals surface area contributed by atoms with Crippen LogP contribution in [0, 0.1) is 18.6 Å². The zero-order valence-electron chi connectivity index (χ0n) is 18.0. The van der Waals surface area contributed by atoms with Crippen molar-refractivity contribution in [2.75, 3.05) is 37.0 Å². The van der Waals surface area contributed by atoms with E-state index in [0.717, 1.165) is 25.3 Å². The molecule has 1 fully saturated rings. The molecule has 10 heteroatoms. The monoisotopic (exact) mass is 439 g/mol. The molecule has 1 aliphatic rings. The van der Waals surface area contributed by atoms with Gasteiger partial charge in [-0.3, -0.25) is 0 Å². The lowest BCUT2D eigenvalue weighted by Gasteiger charge is -2.33. The molecule has 2 N–H and O–H groups in total. The summed E-state index contributed by atoms with van der Waals surface area (Å²) < 4.78 is 36.7. The molecule has 0 saturated carbocycles. The van der Waals surface area contributed by atoms with Gasteiger partial charge in [0.25, 0.3) is 0 Å². The molecule has 1 saturated heterocycles. The second kappa shape index (κ2) is 7.86. The SMILES string of the molecule is COc1nc(Nc2cc(F)c3nc(C)cn3c2)c2c(F)cc(N3CCNC(C)C3)cc2n1. The largest absolute Gasteiger partial charge is 0.467 e. The third-order valence-electron chi connectivity index (χ3n) is 5.52. The second-order valence-electron chi connectivity index (χ2n) is 8.00. The molecule has 0 bridgehead atoms.